The van der Waals surface area contributed by atoms with Crippen molar-refractivity contribution < 1.29 is 9.53 Å². The molecule has 2 heterocycles. The van der Waals surface area contributed by atoms with Crippen LogP contribution in [-0.2, 0) is 24.1 Å². The molecule has 2 aromatic heterocycles. The number of carbonyl (C=O) groups is 1. The minimum absolute atomic E-state index is 0.354. The number of nitrogens with zero attached hydrogens (tertiary/aromatic N) is 4. The molecule has 2 atom stereocenters. The van der Waals surface area contributed by atoms with E-state index in [2.05, 4.69) is 61.6 Å². The van der Waals surface area contributed by atoms with Crippen LogP contribution in [0.25, 0.3) is 0 Å². The number of rotatable bonds is 14. The van der Waals surface area contributed by atoms with Crippen LogP contribution < -0.4 is 10.1 Å². The normalized spacial score (nSPS) is 19.2. The number of aryl methyl sites for hydroxylation is 2. The van der Waals surface area contributed by atoms with Crippen LogP contribution in [-0.4, -0.2) is 33.3 Å². The first-order chi connectivity index (χ1) is 20.4. The second-order valence-electron chi connectivity index (χ2n) is 12.2. The van der Waals surface area contributed by atoms with Gasteiger partial charge in [0.1, 0.15) is 11.6 Å². The van der Waals surface area contributed by atoms with Crippen molar-refractivity contribution in [2.75, 3.05) is 12.4 Å². The molecule has 1 N–H and O–H groups in total. The summed E-state index contributed by atoms with van der Waals surface area (Å²) in [7, 11) is 1.67. The minimum atomic E-state index is 0.354. The Labute approximate surface area is 252 Å². The molecular formula is C35H51N5O2. The first-order valence-electron chi connectivity index (χ1n) is 16.2. The molecule has 1 aromatic carbocycles. The van der Waals surface area contributed by atoms with Gasteiger partial charge in [0.2, 0.25) is 12.3 Å². The van der Waals surface area contributed by atoms with Crippen molar-refractivity contribution in [3.05, 3.63) is 64.9 Å². The Morgan fingerprint density at radius 2 is 1.83 bits per heavy atom. The van der Waals surface area contributed by atoms with Crippen LogP contribution >= 0.6 is 0 Å². The van der Waals surface area contributed by atoms with Gasteiger partial charge in [-0.3, -0.25) is 4.79 Å². The van der Waals surface area contributed by atoms with Crippen molar-refractivity contribution in [3.63, 3.8) is 0 Å². The summed E-state index contributed by atoms with van der Waals surface area (Å²) in [6, 6.07) is 12.8. The first kappa shape index (κ1) is 31.7. The van der Waals surface area contributed by atoms with E-state index in [9.17, 15) is 4.79 Å². The van der Waals surface area contributed by atoms with Gasteiger partial charge >= 0.3 is 0 Å². The molecule has 1 amide bonds. The summed E-state index contributed by atoms with van der Waals surface area (Å²) in [6.07, 6.45) is 12.4. The van der Waals surface area contributed by atoms with Crippen molar-refractivity contribution in [2.45, 2.75) is 117 Å². The number of benzene rings is 1. The van der Waals surface area contributed by atoms with Gasteiger partial charge < -0.3 is 14.6 Å². The molecule has 2 fully saturated rings. The van der Waals surface area contributed by atoms with Crippen LogP contribution in [0, 0.1) is 11.8 Å². The Morgan fingerprint density at radius 3 is 2.45 bits per heavy atom. The lowest BCUT2D eigenvalue weighted by Crippen LogP contribution is -2.26. The maximum Gasteiger partial charge on any atom is 0.213 e. The predicted octanol–water partition coefficient (Wildman–Crippen LogP) is 8.06. The van der Waals surface area contributed by atoms with Crippen LogP contribution in [0.5, 0.6) is 5.88 Å². The Balaban J connectivity index is 0.000000262. The fourth-order valence-electron chi connectivity index (χ4n) is 6.17. The first-order valence-corrected chi connectivity index (χ1v) is 16.2. The van der Waals surface area contributed by atoms with Crippen molar-refractivity contribution in [3.8, 4) is 5.88 Å². The third kappa shape index (κ3) is 7.99. The van der Waals surface area contributed by atoms with Crippen molar-refractivity contribution >= 4 is 12.1 Å². The van der Waals surface area contributed by atoms with Gasteiger partial charge in [0.25, 0.3) is 0 Å². The maximum atomic E-state index is 10.3. The van der Waals surface area contributed by atoms with Crippen LogP contribution in [0.4, 0.5) is 5.69 Å². The summed E-state index contributed by atoms with van der Waals surface area (Å²) in [4.78, 5) is 14.9. The molecule has 7 heteroatoms. The van der Waals surface area contributed by atoms with Crippen molar-refractivity contribution in [1.82, 2.24) is 19.7 Å². The minimum Gasteiger partial charge on any atom is -0.481 e. The van der Waals surface area contributed by atoms with E-state index < -0.39 is 0 Å². The number of pyridine rings is 1. The van der Waals surface area contributed by atoms with Gasteiger partial charge in [0.15, 0.2) is 0 Å². The van der Waals surface area contributed by atoms with Crippen LogP contribution in [0.3, 0.4) is 0 Å². The number of ether oxygens (including phenoxy) is 1. The highest BCUT2D eigenvalue weighted by Gasteiger charge is 2.39. The Hall–Kier alpha value is -3.22. The molecule has 2 aliphatic rings. The number of anilines is 1. The van der Waals surface area contributed by atoms with E-state index in [4.69, 9.17) is 14.9 Å². The largest absolute Gasteiger partial charge is 0.481 e. The molecule has 42 heavy (non-hydrogen) atoms. The standard InChI is InChI=1S/C24H36N4O.C11H15NO/c1-5-16(3)12-17-13-19(14-17)24-27-26-23(28(24)21-10-11-21)18(6-2)15-20-8-7-9-22(25-20)29-4;1-3-9-5-6-11(12-8-13)10(4-2)7-9/h7-9,16-19,21H,5-6,10-15H2,1-4H3;5-8H,3-4H2,1-2H3,(H,12,13). The molecule has 2 aliphatic carbocycles. The Morgan fingerprint density at radius 1 is 1.05 bits per heavy atom. The quantitative estimate of drug-likeness (QED) is 0.197. The molecule has 5 rings (SSSR count). The summed E-state index contributed by atoms with van der Waals surface area (Å²) in [6.45, 7) is 11.2. The van der Waals surface area contributed by atoms with E-state index in [1.807, 2.05) is 24.3 Å². The van der Waals surface area contributed by atoms with E-state index in [0.29, 0.717) is 23.8 Å². The third-order valence-electron chi connectivity index (χ3n) is 9.17. The van der Waals surface area contributed by atoms with Gasteiger partial charge in [0, 0.05) is 35.3 Å². The van der Waals surface area contributed by atoms with Gasteiger partial charge in [-0.15, -0.1) is 10.2 Å². The number of nitrogens with one attached hydrogen (secondary N) is 1. The number of carbonyl (C=O) groups excluding carboxylic acids is 1. The molecule has 0 bridgehead atoms. The van der Waals surface area contributed by atoms with E-state index in [-0.39, 0.29) is 0 Å². The lowest BCUT2D eigenvalue weighted by molar-refractivity contribution is -0.105. The Kier molecular flexibility index (Phi) is 11.6. The number of amides is 1. The monoisotopic (exact) mass is 573 g/mol. The molecule has 0 spiro atoms. The zero-order valence-corrected chi connectivity index (χ0v) is 26.6. The average Bonchev–Trinajstić information content (AvgIpc) is 3.76. The molecule has 2 saturated carbocycles. The maximum absolute atomic E-state index is 10.3. The number of methoxy groups -OCH3 is 1. The molecular weight excluding hydrogens is 522 g/mol. The average molecular weight is 574 g/mol. The third-order valence-corrected chi connectivity index (χ3v) is 9.17. The number of aromatic nitrogens is 4. The van der Waals surface area contributed by atoms with Crippen molar-refractivity contribution in [1.29, 1.82) is 0 Å². The smallest absolute Gasteiger partial charge is 0.213 e. The van der Waals surface area contributed by atoms with Gasteiger partial charge in [-0.1, -0.05) is 59.2 Å². The zero-order valence-electron chi connectivity index (χ0n) is 26.6. The van der Waals surface area contributed by atoms with Crippen molar-refractivity contribution in [2.24, 2.45) is 11.8 Å². The van der Waals surface area contributed by atoms with Gasteiger partial charge in [0.05, 0.1) is 7.11 Å². The molecule has 0 saturated heterocycles. The molecule has 228 valence electrons. The van der Waals surface area contributed by atoms with Crippen LogP contribution in [0.1, 0.15) is 126 Å². The van der Waals surface area contributed by atoms with E-state index >= 15 is 0 Å². The zero-order chi connectivity index (χ0) is 30.1. The second kappa shape index (κ2) is 15.3. The summed E-state index contributed by atoms with van der Waals surface area (Å²) >= 11 is 0. The van der Waals surface area contributed by atoms with E-state index in [0.717, 1.165) is 55.3 Å². The van der Waals surface area contributed by atoms with Gasteiger partial charge in [-0.05, 0) is 92.9 Å². The SMILES string of the molecule is CCC(C)CC1CC(c2nnc(C(CC)Cc3cccc(OC)n3)n2C2CC2)C1.CCc1ccc(NC=O)c(CC)c1. The van der Waals surface area contributed by atoms with Crippen LogP contribution in [0.15, 0.2) is 36.4 Å². The summed E-state index contributed by atoms with van der Waals surface area (Å²) < 4.78 is 7.83. The molecule has 2 unspecified atom stereocenters. The highest BCUT2D eigenvalue weighted by Crippen LogP contribution is 2.48. The lowest BCUT2D eigenvalue weighted by atomic mass is 9.70. The highest BCUT2D eigenvalue weighted by molar-refractivity contribution is 5.73. The lowest BCUT2D eigenvalue weighted by Gasteiger charge is -2.36. The van der Waals surface area contributed by atoms with E-state index in [1.54, 1.807) is 7.11 Å². The topological polar surface area (TPSA) is 81.9 Å². The molecule has 0 radical (unpaired) electrons. The van der Waals surface area contributed by atoms with Crippen LogP contribution in [0.2, 0.25) is 0 Å². The summed E-state index contributed by atoms with van der Waals surface area (Å²) in [5.74, 6) is 5.82. The fraction of sp³-hybridized carbons (Fsp3) is 0.600. The van der Waals surface area contributed by atoms with Gasteiger partial charge in [-0.2, -0.15) is 0 Å². The van der Waals surface area contributed by atoms with Gasteiger partial charge in [-0.25, -0.2) is 4.98 Å². The van der Waals surface area contributed by atoms with E-state index in [1.165, 1.54) is 61.3 Å². The summed E-state index contributed by atoms with van der Waals surface area (Å²) in [5, 5.41) is 12.2. The molecule has 7 nitrogen and oxygen atoms in total. The predicted molar refractivity (Wildman–Crippen MR) is 170 cm³/mol. The summed E-state index contributed by atoms with van der Waals surface area (Å²) in [5.41, 5.74) is 4.51. The number of hydrogen-bond donors (Lipinski definition) is 1. The second-order valence-corrected chi connectivity index (χ2v) is 12.2. The highest BCUT2D eigenvalue weighted by atomic mass is 16.5. The number of hydrogen-bond acceptors (Lipinski definition) is 5. The molecule has 3 aromatic rings. The fourth-order valence-corrected chi connectivity index (χ4v) is 6.17. The Bertz CT molecular complexity index is 1280. The molecule has 0 aliphatic heterocycles.